The van der Waals surface area contributed by atoms with Gasteiger partial charge in [0.25, 0.3) is 0 Å². The lowest BCUT2D eigenvalue weighted by Gasteiger charge is -2.31. The normalized spacial score (nSPS) is 25.4. The fraction of sp³-hybridized carbons (Fsp3) is 0.933. The van der Waals surface area contributed by atoms with Crippen LogP contribution in [-0.4, -0.2) is 24.0 Å². The van der Waals surface area contributed by atoms with Crippen LogP contribution in [0, 0.1) is 5.92 Å². The van der Waals surface area contributed by atoms with Crippen LogP contribution in [0.25, 0.3) is 0 Å². The summed E-state index contributed by atoms with van der Waals surface area (Å²) in [6, 6.07) is 0.281. The number of hydrogen-bond donors (Lipinski definition) is 2. The largest absolute Gasteiger partial charge is 0.352 e. The Morgan fingerprint density at radius 2 is 2.00 bits per heavy atom. The van der Waals surface area contributed by atoms with Gasteiger partial charge < -0.3 is 10.6 Å². The number of carbonyl (C=O) groups is 1. The van der Waals surface area contributed by atoms with E-state index >= 15 is 0 Å². The number of nitrogens with one attached hydrogen (secondary N) is 2. The molecule has 0 aliphatic carbocycles. The Kier molecular flexibility index (Phi) is 6.13. The molecule has 0 saturated carbocycles. The summed E-state index contributed by atoms with van der Waals surface area (Å²) in [6.45, 7) is 9.68. The Morgan fingerprint density at radius 1 is 1.33 bits per heavy atom. The first-order valence-electron chi connectivity index (χ1n) is 7.65. The summed E-state index contributed by atoms with van der Waals surface area (Å²) in [6.07, 6.45) is 6.38. The molecule has 0 spiro atoms. The van der Waals surface area contributed by atoms with E-state index in [0.29, 0.717) is 5.92 Å². The fourth-order valence-corrected chi connectivity index (χ4v) is 3.21. The number of hydrogen-bond acceptors (Lipinski definition) is 2. The second kappa shape index (κ2) is 7.13. The highest BCUT2D eigenvalue weighted by Crippen LogP contribution is 2.25. The average Bonchev–Trinajstić information content (AvgIpc) is 2.81. The Morgan fingerprint density at radius 3 is 2.44 bits per heavy atom. The summed E-state index contributed by atoms with van der Waals surface area (Å²) < 4.78 is 0. The van der Waals surface area contributed by atoms with E-state index in [1.807, 2.05) is 0 Å². The van der Waals surface area contributed by atoms with Gasteiger partial charge in [0, 0.05) is 6.04 Å². The Labute approximate surface area is 112 Å². The van der Waals surface area contributed by atoms with Crippen LogP contribution in [0.1, 0.15) is 66.2 Å². The summed E-state index contributed by atoms with van der Waals surface area (Å²) >= 11 is 0. The van der Waals surface area contributed by atoms with Crippen molar-refractivity contribution in [3.8, 4) is 0 Å². The van der Waals surface area contributed by atoms with Gasteiger partial charge in [-0.1, -0.05) is 40.0 Å². The smallest absolute Gasteiger partial charge is 0.240 e. The van der Waals surface area contributed by atoms with Crippen molar-refractivity contribution in [1.29, 1.82) is 0 Å². The minimum atomic E-state index is -0.283. The maximum atomic E-state index is 12.5. The lowest BCUT2D eigenvalue weighted by Crippen LogP contribution is -2.56. The van der Waals surface area contributed by atoms with Gasteiger partial charge in [-0.15, -0.1) is 0 Å². The quantitative estimate of drug-likeness (QED) is 0.733. The molecule has 0 radical (unpaired) electrons. The zero-order valence-electron chi connectivity index (χ0n) is 12.5. The molecule has 1 aliphatic rings. The van der Waals surface area contributed by atoms with Gasteiger partial charge in [-0.2, -0.15) is 0 Å². The highest BCUT2D eigenvalue weighted by Gasteiger charge is 2.40. The van der Waals surface area contributed by atoms with Gasteiger partial charge in [0.2, 0.25) is 5.91 Å². The predicted octanol–water partition coefficient (Wildman–Crippen LogP) is 2.85. The first kappa shape index (κ1) is 15.5. The fourth-order valence-electron chi connectivity index (χ4n) is 3.21. The van der Waals surface area contributed by atoms with Crippen molar-refractivity contribution in [2.45, 2.75) is 77.8 Å². The van der Waals surface area contributed by atoms with Crippen LogP contribution in [-0.2, 0) is 4.79 Å². The SMILES string of the molecule is CCCC1(C(=O)NC(C)C(CC)CC)CCCN1. The predicted molar refractivity (Wildman–Crippen MR) is 76.6 cm³/mol. The van der Waals surface area contributed by atoms with Crippen LogP contribution in [0.2, 0.25) is 0 Å². The number of rotatable bonds is 7. The van der Waals surface area contributed by atoms with Crippen molar-refractivity contribution in [3.63, 3.8) is 0 Å². The summed E-state index contributed by atoms with van der Waals surface area (Å²) in [5, 5.41) is 6.69. The van der Waals surface area contributed by atoms with E-state index in [9.17, 15) is 4.79 Å². The van der Waals surface area contributed by atoms with Gasteiger partial charge in [0.1, 0.15) is 0 Å². The Hall–Kier alpha value is -0.570. The standard InChI is InChI=1S/C15H30N2O/c1-5-9-15(10-8-11-16-15)14(18)17-12(4)13(6-2)7-3/h12-13,16H,5-11H2,1-4H3,(H,17,18). The molecular weight excluding hydrogens is 224 g/mol. The summed E-state index contributed by atoms with van der Waals surface area (Å²) in [7, 11) is 0. The summed E-state index contributed by atoms with van der Waals surface area (Å²) in [5.41, 5.74) is -0.283. The Bertz CT molecular complexity index is 255. The van der Waals surface area contributed by atoms with Crippen LogP contribution in [0.15, 0.2) is 0 Å². The Balaban J connectivity index is 2.61. The van der Waals surface area contributed by atoms with E-state index < -0.39 is 0 Å². The van der Waals surface area contributed by atoms with Crippen molar-refractivity contribution in [3.05, 3.63) is 0 Å². The molecular formula is C15H30N2O. The molecule has 2 unspecified atom stereocenters. The molecule has 106 valence electrons. The molecule has 1 aliphatic heterocycles. The zero-order valence-corrected chi connectivity index (χ0v) is 12.5. The lowest BCUT2D eigenvalue weighted by molar-refractivity contribution is -0.128. The van der Waals surface area contributed by atoms with Crippen LogP contribution in [0.3, 0.4) is 0 Å². The van der Waals surface area contributed by atoms with Crippen LogP contribution >= 0.6 is 0 Å². The number of carbonyl (C=O) groups excluding carboxylic acids is 1. The van der Waals surface area contributed by atoms with Crippen LogP contribution < -0.4 is 10.6 Å². The average molecular weight is 254 g/mol. The second-order valence-corrected chi connectivity index (χ2v) is 5.70. The molecule has 3 nitrogen and oxygen atoms in total. The third kappa shape index (κ3) is 3.47. The maximum absolute atomic E-state index is 12.5. The molecule has 1 fully saturated rings. The first-order valence-corrected chi connectivity index (χ1v) is 7.65. The molecule has 3 heteroatoms. The molecule has 0 aromatic carbocycles. The van der Waals surface area contributed by atoms with Gasteiger partial charge in [0.15, 0.2) is 0 Å². The zero-order chi connectivity index (χ0) is 13.6. The van der Waals surface area contributed by atoms with E-state index in [-0.39, 0.29) is 17.5 Å². The van der Waals surface area contributed by atoms with Gasteiger partial charge in [-0.25, -0.2) is 0 Å². The minimum absolute atomic E-state index is 0.223. The molecule has 2 N–H and O–H groups in total. The van der Waals surface area contributed by atoms with E-state index in [1.54, 1.807) is 0 Å². The highest BCUT2D eigenvalue weighted by atomic mass is 16.2. The van der Waals surface area contributed by atoms with Gasteiger partial charge in [-0.3, -0.25) is 4.79 Å². The molecule has 1 saturated heterocycles. The van der Waals surface area contributed by atoms with Gasteiger partial charge >= 0.3 is 0 Å². The van der Waals surface area contributed by atoms with Gasteiger partial charge in [0.05, 0.1) is 5.54 Å². The van der Waals surface area contributed by atoms with Crippen molar-refractivity contribution in [2.75, 3.05) is 6.54 Å². The van der Waals surface area contributed by atoms with Crippen LogP contribution in [0.4, 0.5) is 0 Å². The molecule has 1 amide bonds. The maximum Gasteiger partial charge on any atom is 0.240 e. The molecule has 18 heavy (non-hydrogen) atoms. The van der Waals surface area contributed by atoms with E-state index in [4.69, 9.17) is 0 Å². The molecule has 0 bridgehead atoms. The number of amides is 1. The monoisotopic (exact) mass is 254 g/mol. The van der Waals surface area contributed by atoms with Crippen LogP contribution in [0.5, 0.6) is 0 Å². The van der Waals surface area contributed by atoms with Crippen molar-refractivity contribution >= 4 is 5.91 Å². The van der Waals surface area contributed by atoms with Gasteiger partial charge in [-0.05, 0) is 38.6 Å². The molecule has 1 heterocycles. The molecule has 2 atom stereocenters. The van der Waals surface area contributed by atoms with E-state index in [1.165, 1.54) is 0 Å². The molecule has 1 rings (SSSR count). The van der Waals surface area contributed by atoms with E-state index in [2.05, 4.69) is 38.3 Å². The highest BCUT2D eigenvalue weighted by molar-refractivity contribution is 5.86. The molecule has 0 aromatic rings. The summed E-state index contributed by atoms with van der Waals surface area (Å²) in [5.74, 6) is 0.815. The van der Waals surface area contributed by atoms with Crippen molar-refractivity contribution in [2.24, 2.45) is 5.92 Å². The lowest BCUT2D eigenvalue weighted by atomic mass is 9.89. The first-order chi connectivity index (χ1) is 8.59. The van der Waals surface area contributed by atoms with Crippen molar-refractivity contribution < 1.29 is 4.79 Å². The minimum Gasteiger partial charge on any atom is -0.352 e. The van der Waals surface area contributed by atoms with E-state index in [0.717, 1.165) is 45.1 Å². The third-order valence-corrected chi connectivity index (χ3v) is 4.47. The third-order valence-electron chi connectivity index (χ3n) is 4.47. The van der Waals surface area contributed by atoms with Crippen molar-refractivity contribution in [1.82, 2.24) is 10.6 Å². The topological polar surface area (TPSA) is 41.1 Å². The molecule has 0 aromatic heterocycles. The summed E-state index contributed by atoms with van der Waals surface area (Å²) in [4.78, 5) is 12.5. The second-order valence-electron chi connectivity index (χ2n) is 5.70.